The molecule has 1 amide bonds. The van der Waals surface area contributed by atoms with Crippen molar-refractivity contribution in [2.75, 3.05) is 6.54 Å². The highest BCUT2D eigenvalue weighted by atomic mass is 32.2. The highest BCUT2D eigenvalue weighted by Crippen LogP contribution is 2.44. The molecular formula is C47H20F15N5OS. The van der Waals surface area contributed by atoms with Gasteiger partial charge in [-0.05, 0) is 85.0 Å². The van der Waals surface area contributed by atoms with E-state index in [1.807, 2.05) is 0 Å². The molecule has 5 heterocycles. The molecule has 0 saturated heterocycles. The molecule has 2 aliphatic rings. The maximum Gasteiger partial charge on any atom is 0.283 e. The van der Waals surface area contributed by atoms with Crippen molar-refractivity contribution in [3.05, 3.63) is 159 Å². The minimum absolute atomic E-state index is 0.0388. The molecule has 3 N–H and O–H groups in total. The summed E-state index contributed by atoms with van der Waals surface area (Å²) in [6, 6.07) is 10.5. The van der Waals surface area contributed by atoms with E-state index in [0.717, 1.165) is 48.2 Å². The van der Waals surface area contributed by atoms with E-state index in [1.165, 1.54) is 36.4 Å². The van der Waals surface area contributed by atoms with Crippen LogP contribution in [0.1, 0.15) is 29.7 Å². The van der Waals surface area contributed by atoms with E-state index >= 15 is 43.9 Å². The molecule has 0 fully saturated rings. The Labute approximate surface area is 379 Å². The van der Waals surface area contributed by atoms with Gasteiger partial charge in [0.2, 0.25) is 17.5 Å². The van der Waals surface area contributed by atoms with Crippen molar-refractivity contribution in [3.63, 3.8) is 0 Å². The normalized spacial score (nSPS) is 12.1. The summed E-state index contributed by atoms with van der Waals surface area (Å²) >= 11 is 0.798. The van der Waals surface area contributed by atoms with Crippen LogP contribution in [0.4, 0.5) is 70.7 Å². The molecule has 2 aliphatic heterocycles. The number of nitrogens with one attached hydrogen (secondary N) is 3. The first-order valence-corrected chi connectivity index (χ1v) is 20.4. The van der Waals surface area contributed by atoms with Gasteiger partial charge in [0, 0.05) is 55.8 Å². The zero-order valence-electron chi connectivity index (χ0n) is 34.0. The van der Waals surface area contributed by atoms with Crippen molar-refractivity contribution < 1.29 is 70.7 Å². The van der Waals surface area contributed by atoms with E-state index in [1.54, 1.807) is 6.92 Å². The van der Waals surface area contributed by atoms with Crippen LogP contribution in [0, 0.1) is 87.3 Å². The Morgan fingerprint density at radius 1 is 0.406 bits per heavy atom. The highest BCUT2D eigenvalue weighted by Gasteiger charge is 2.34. The van der Waals surface area contributed by atoms with Gasteiger partial charge in [-0.15, -0.1) is 0 Å². The van der Waals surface area contributed by atoms with Crippen LogP contribution >= 0.6 is 11.8 Å². The fourth-order valence-electron chi connectivity index (χ4n) is 7.75. The van der Waals surface area contributed by atoms with Crippen LogP contribution in [0.5, 0.6) is 0 Å². The van der Waals surface area contributed by atoms with E-state index in [-0.39, 0.29) is 22.2 Å². The van der Waals surface area contributed by atoms with Gasteiger partial charge in [-0.25, -0.2) is 75.8 Å². The number of thioether (sulfide) groups is 1. The fourth-order valence-corrected chi connectivity index (χ4v) is 8.45. The van der Waals surface area contributed by atoms with Crippen LogP contribution < -0.4 is 5.32 Å². The topological polar surface area (TPSA) is 86.5 Å². The summed E-state index contributed by atoms with van der Waals surface area (Å²) in [5.74, 6) is -37.0. The number of nitrogens with zero attached hydrogens (tertiary/aromatic N) is 2. The minimum atomic E-state index is -2.63. The van der Waals surface area contributed by atoms with Crippen molar-refractivity contribution in [2.45, 2.75) is 11.8 Å². The van der Waals surface area contributed by atoms with Crippen LogP contribution in [0.2, 0.25) is 0 Å². The van der Waals surface area contributed by atoms with E-state index in [9.17, 15) is 26.7 Å². The van der Waals surface area contributed by atoms with Gasteiger partial charge in [-0.3, -0.25) is 4.79 Å². The molecule has 350 valence electrons. The van der Waals surface area contributed by atoms with Gasteiger partial charge < -0.3 is 15.3 Å². The lowest BCUT2D eigenvalue weighted by Crippen LogP contribution is -2.16. The lowest BCUT2D eigenvalue weighted by Gasteiger charge is -2.11. The number of aromatic amines is 2. The van der Waals surface area contributed by atoms with Crippen molar-refractivity contribution >= 4 is 63.4 Å². The van der Waals surface area contributed by atoms with Gasteiger partial charge in [-0.1, -0.05) is 12.1 Å². The predicted molar refractivity (Wildman–Crippen MR) is 225 cm³/mol. The molecule has 7 aromatic rings. The van der Waals surface area contributed by atoms with Gasteiger partial charge in [-0.2, -0.15) is 0 Å². The van der Waals surface area contributed by atoms with E-state index in [0.29, 0.717) is 11.4 Å². The SMILES string of the molecule is CCNC(=O)Sc1ccc(-c2c3ccc([nH]3)c(-c3c(F)c(F)c(F)c(F)c3F)c3nc(c(-c4c(F)c(F)c(F)c(F)c4F)c4nc(c(-c5c(F)c(F)c(F)c(F)c5F)c5ccc2[nH]5)C=C4)C=C3)cc1. The van der Waals surface area contributed by atoms with Gasteiger partial charge in [0.25, 0.3) is 5.24 Å². The summed E-state index contributed by atoms with van der Waals surface area (Å²) in [6.07, 6.45) is 3.18. The van der Waals surface area contributed by atoms with Crippen LogP contribution in [-0.4, -0.2) is 31.7 Å². The number of carbonyl (C=O) groups excluding carboxylic acids is 1. The number of amides is 1. The number of aromatic nitrogens is 4. The molecule has 0 spiro atoms. The third-order valence-electron chi connectivity index (χ3n) is 10.8. The van der Waals surface area contributed by atoms with E-state index in [4.69, 9.17) is 0 Å². The Morgan fingerprint density at radius 2 is 0.696 bits per heavy atom. The summed E-state index contributed by atoms with van der Waals surface area (Å²) in [4.78, 5) is 26.6. The highest BCUT2D eigenvalue weighted by molar-refractivity contribution is 8.13. The smallest absolute Gasteiger partial charge is 0.283 e. The molecular weight excluding hydrogens is 968 g/mol. The number of halogens is 15. The van der Waals surface area contributed by atoms with Crippen LogP contribution in [0.25, 0.3) is 90.9 Å². The van der Waals surface area contributed by atoms with Gasteiger partial charge in [0.1, 0.15) is 0 Å². The lowest BCUT2D eigenvalue weighted by atomic mass is 10.00. The summed E-state index contributed by atoms with van der Waals surface area (Å²) in [5.41, 5.74) is -12.1. The average molecular weight is 988 g/mol. The second-order valence-electron chi connectivity index (χ2n) is 14.8. The molecule has 3 aromatic heterocycles. The molecule has 6 nitrogen and oxygen atoms in total. The lowest BCUT2D eigenvalue weighted by molar-refractivity contribution is 0.261. The number of hydrogen-bond acceptors (Lipinski definition) is 4. The Hall–Kier alpha value is -7.75. The Balaban J connectivity index is 1.51. The van der Waals surface area contributed by atoms with Crippen molar-refractivity contribution in [1.29, 1.82) is 0 Å². The van der Waals surface area contributed by atoms with Gasteiger partial charge in [0.15, 0.2) is 69.8 Å². The molecule has 4 aromatic carbocycles. The van der Waals surface area contributed by atoms with E-state index in [2.05, 4.69) is 25.3 Å². The minimum Gasteiger partial charge on any atom is -0.354 e. The van der Waals surface area contributed by atoms with E-state index < -0.39 is 160 Å². The van der Waals surface area contributed by atoms with Crippen LogP contribution in [0.3, 0.4) is 0 Å². The molecule has 0 saturated carbocycles. The molecule has 0 atom stereocenters. The molecule has 69 heavy (non-hydrogen) atoms. The van der Waals surface area contributed by atoms with Crippen LogP contribution in [0.15, 0.2) is 53.4 Å². The summed E-state index contributed by atoms with van der Waals surface area (Å²) in [6.45, 7) is 1.98. The molecule has 0 aliphatic carbocycles. The number of hydrogen-bond donors (Lipinski definition) is 3. The molecule has 0 radical (unpaired) electrons. The van der Waals surface area contributed by atoms with Crippen LogP contribution in [-0.2, 0) is 0 Å². The molecule has 9 rings (SSSR count). The number of rotatable bonds is 6. The van der Waals surface area contributed by atoms with Crippen molar-refractivity contribution in [3.8, 4) is 44.5 Å². The molecule has 22 heteroatoms. The largest absolute Gasteiger partial charge is 0.354 e. The first-order valence-electron chi connectivity index (χ1n) is 19.6. The number of benzene rings is 4. The third-order valence-corrected chi connectivity index (χ3v) is 11.6. The predicted octanol–water partition coefficient (Wildman–Crippen LogP) is 14.2. The van der Waals surface area contributed by atoms with Gasteiger partial charge in [0.05, 0.1) is 39.5 Å². The Bertz CT molecular complexity index is 3390. The zero-order valence-corrected chi connectivity index (χ0v) is 34.8. The summed E-state index contributed by atoms with van der Waals surface area (Å²) in [5, 5.41) is 2.17. The number of carbonyl (C=O) groups is 1. The standard InChI is InChI=1S/C47H20F15N5OS/c1-2-63-47(68)69-16-5-3-15(4-6-16)25-17-7-9-19(64-17)26(29-32(48)38(54)44(60)39(55)33(29)49)21-11-13-23(66-21)28(31-36(52)42(58)46(62)43(59)37(31)53)24-14-12-22(67-24)27(20-10-8-18(25)65-20)30-34(50)40(56)45(61)41(57)35(30)51/h3-14,64-65H,2H2,1H3,(H,63,68). The second kappa shape index (κ2) is 17.4. The zero-order chi connectivity index (χ0) is 49.5. The number of H-pyrrole nitrogens is 2. The maximum atomic E-state index is 15.9. The Morgan fingerprint density at radius 3 is 1.03 bits per heavy atom. The van der Waals surface area contributed by atoms with Crippen molar-refractivity contribution in [1.82, 2.24) is 25.3 Å². The van der Waals surface area contributed by atoms with Gasteiger partial charge >= 0.3 is 0 Å². The molecule has 0 unspecified atom stereocenters. The maximum absolute atomic E-state index is 15.9. The second-order valence-corrected chi connectivity index (χ2v) is 15.8. The molecule has 8 bridgehead atoms. The quantitative estimate of drug-likeness (QED) is 0.0670. The monoisotopic (exact) mass is 987 g/mol. The summed E-state index contributed by atoms with van der Waals surface area (Å²) < 4.78 is 229. The van der Waals surface area contributed by atoms with Crippen molar-refractivity contribution in [2.24, 2.45) is 0 Å². The summed E-state index contributed by atoms with van der Waals surface area (Å²) in [7, 11) is 0. The first-order chi connectivity index (χ1) is 32.8. The Kier molecular flexibility index (Phi) is 11.7. The number of fused-ring (bicyclic) bond motifs is 8. The third kappa shape index (κ3) is 7.49. The first kappa shape index (κ1) is 46.4. The average Bonchev–Trinajstić information content (AvgIpc) is 4.19. The fraction of sp³-hybridized carbons (Fsp3) is 0.0426.